The molecule has 0 radical (unpaired) electrons. The molecular weight excluding hydrogens is 385 g/mol. The Kier molecular flexibility index (Phi) is 5.57. The number of nitrogens with zero attached hydrogens (tertiary/aromatic N) is 2. The van der Waals surface area contributed by atoms with Crippen LogP contribution in [0.4, 0.5) is 14.9 Å². The van der Waals surface area contributed by atoms with E-state index in [4.69, 9.17) is 9.47 Å². The summed E-state index contributed by atoms with van der Waals surface area (Å²) in [5, 5.41) is 13.4. The van der Waals surface area contributed by atoms with E-state index in [2.05, 4.69) is 16.0 Å². The maximum atomic E-state index is 12.7. The molecule has 1 N–H and O–H groups in total. The quantitative estimate of drug-likeness (QED) is 0.564. The number of halogens is 1. The van der Waals surface area contributed by atoms with Crippen LogP contribution in [0.25, 0.3) is 22.2 Å². The molecule has 2 aromatic carbocycles. The Hall–Kier alpha value is -3.53. The van der Waals surface area contributed by atoms with Crippen molar-refractivity contribution in [3.05, 3.63) is 48.0 Å². The van der Waals surface area contributed by atoms with Gasteiger partial charge in [-0.2, -0.15) is 5.26 Å². The number of anilines is 1. The molecule has 0 unspecified atom stereocenters. The van der Waals surface area contributed by atoms with E-state index in [9.17, 15) is 14.4 Å². The van der Waals surface area contributed by atoms with Crippen LogP contribution in [0.5, 0.6) is 5.75 Å². The molecule has 1 aliphatic carbocycles. The first-order valence-electron chi connectivity index (χ1n) is 9.94. The van der Waals surface area contributed by atoms with Crippen molar-refractivity contribution >= 4 is 22.7 Å². The highest BCUT2D eigenvalue weighted by Crippen LogP contribution is 2.39. The van der Waals surface area contributed by atoms with Crippen molar-refractivity contribution in [2.45, 2.75) is 26.3 Å². The van der Waals surface area contributed by atoms with E-state index in [1.165, 1.54) is 0 Å². The molecule has 6 nitrogen and oxygen atoms in total. The molecule has 1 saturated carbocycles. The van der Waals surface area contributed by atoms with Gasteiger partial charge in [0.15, 0.2) is 0 Å². The third kappa shape index (κ3) is 3.94. The fourth-order valence-electron chi connectivity index (χ4n) is 3.64. The van der Waals surface area contributed by atoms with E-state index < -0.39 is 13.0 Å². The van der Waals surface area contributed by atoms with Crippen molar-refractivity contribution in [3.63, 3.8) is 0 Å². The summed E-state index contributed by atoms with van der Waals surface area (Å²) in [5.74, 6) is 1.01. The monoisotopic (exact) mass is 407 g/mol. The van der Waals surface area contributed by atoms with E-state index in [1.54, 1.807) is 31.2 Å². The number of hydrogen-bond acceptors (Lipinski definition) is 4. The fourth-order valence-corrected chi connectivity index (χ4v) is 3.64. The van der Waals surface area contributed by atoms with Crippen molar-refractivity contribution < 1.29 is 18.7 Å². The highest BCUT2D eigenvalue weighted by molar-refractivity contribution is 5.95. The van der Waals surface area contributed by atoms with Gasteiger partial charge in [0.2, 0.25) is 6.86 Å². The van der Waals surface area contributed by atoms with Gasteiger partial charge in [-0.15, -0.1) is 0 Å². The molecule has 0 aliphatic heterocycles. The zero-order chi connectivity index (χ0) is 21.1. The van der Waals surface area contributed by atoms with Crippen LogP contribution in [0.2, 0.25) is 0 Å². The van der Waals surface area contributed by atoms with Gasteiger partial charge >= 0.3 is 6.09 Å². The Labute approximate surface area is 173 Å². The smallest absolute Gasteiger partial charge is 0.411 e. The van der Waals surface area contributed by atoms with Gasteiger partial charge in [-0.1, -0.05) is 12.1 Å². The highest BCUT2D eigenvalue weighted by atomic mass is 19.1. The molecule has 1 aromatic heterocycles. The first-order valence-corrected chi connectivity index (χ1v) is 9.94. The Morgan fingerprint density at radius 2 is 2.03 bits per heavy atom. The van der Waals surface area contributed by atoms with Crippen LogP contribution in [0, 0.1) is 17.2 Å². The number of fused-ring (bicyclic) bond motifs is 1. The van der Waals surface area contributed by atoms with Gasteiger partial charge in [0.05, 0.1) is 23.4 Å². The number of ether oxygens (including phenoxy) is 2. The number of rotatable bonds is 7. The lowest BCUT2D eigenvalue weighted by Crippen LogP contribution is -2.13. The minimum Gasteiger partial charge on any atom is -0.463 e. The van der Waals surface area contributed by atoms with Crippen LogP contribution in [-0.4, -0.2) is 24.1 Å². The van der Waals surface area contributed by atoms with Gasteiger partial charge in [0, 0.05) is 23.7 Å². The molecule has 0 bridgehead atoms. The average Bonchev–Trinajstić information content (AvgIpc) is 3.51. The van der Waals surface area contributed by atoms with Crippen LogP contribution in [0.3, 0.4) is 0 Å². The normalized spacial score (nSPS) is 13.1. The third-order valence-corrected chi connectivity index (χ3v) is 5.19. The Balaban J connectivity index is 1.78. The lowest BCUT2D eigenvalue weighted by molar-refractivity contribution is 0.168. The fraction of sp³-hybridized carbons (Fsp3) is 0.304. The first kappa shape index (κ1) is 19.8. The topological polar surface area (TPSA) is 76.3 Å². The molecule has 1 aliphatic rings. The molecule has 30 heavy (non-hydrogen) atoms. The lowest BCUT2D eigenvalue weighted by atomic mass is 10.1. The number of hydrogen-bond donors (Lipinski definition) is 1. The van der Waals surface area contributed by atoms with E-state index in [0.717, 1.165) is 41.5 Å². The van der Waals surface area contributed by atoms with E-state index in [1.807, 2.05) is 18.2 Å². The SMILES string of the molecule is CCOC(=O)Nc1ccc(-c2c(C#N)c3ccc(OCF)cc3n2CC2CC2)cc1. The number of nitrogens with one attached hydrogen (secondary N) is 1. The van der Waals surface area contributed by atoms with Gasteiger partial charge in [0.1, 0.15) is 11.8 Å². The molecule has 0 saturated heterocycles. The number of benzene rings is 2. The van der Waals surface area contributed by atoms with Crippen molar-refractivity contribution in [2.24, 2.45) is 5.92 Å². The van der Waals surface area contributed by atoms with Gasteiger partial charge in [0.25, 0.3) is 0 Å². The van der Waals surface area contributed by atoms with Crippen LogP contribution in [0.15, 0.2) is 42.5 Å². The van der Waals surface area contributed by atoms with Crippen molar-refractivity contribution in [3.8, 4) is 23.1 Å². The second-order valence-electron chi connectivity index (χ2n) is 7.24. The van der Waals surface area contributed by atoms with E-state index in [-0.39, 0.29) is 0 Å². The lowest BCUT2D eigenvalue weighted by Gasteiger charge is -2.12. The van der Waals surface area contributed by atoms with Crippen molar-refractivity contribution in [1.82, 2.24) is 4.57 Å². The number of carbonyl (C=O) groups excluding carboxylic acids is 1. The Morgan fingerprint density at radius 3 is 2.67 bits per heavy atom. The minimum absolute atomic E-state index is 0.296. The molecule has 4 rings (SSSR count). The minimum atomic E-state index is -0.901. The van der Waals surface area contributed by atoms with Crippen LogP contribution >= 0.6 is 0 Å². The van der Waals surface area contributed by atoms with Crippen molar-refractivity contribution in [1.29, 1.82) is 5.26 Å². The standard InChI is InChI=1S/C23H22FN3O3/c1-2-29-23(28)26-17-7-5-16(6-8-17)22-20(12-25)19-10-9-18(30-14-24)11-21(19)27(22)13-15-3-4-15/h5-11,15H,2-4,13-14H2,1H3,(H,26,28). The van der Waals surface area contributed by atoms with Gasteiger partial charge in [-0.3, -0.25) is 5.32 Å². The molecule has 0 spiro atoms. The number of aromatic nitrogens is 1. The molecule has 154 valence electrons. The van der Waals surface area contributed by atoms with E-state index in [0.29, 0.717) is 29.5 Å². The van der Waals surface area contributed by atoms with Crippen molar-refractivity contribution in [2.75, 3.05) is 18.8 Å². The van der Waals surface area contributed by atoms with E-state index >= 15 is 0 Å². The zero-order valence-corrected chi connectivity index (χ0v) is 16.7. The van der Waals surface area contributed by atoms with Gasteiger partial charge < -0.3 is 14.0 Å². The summed E-state index contributed by atoms with van der Waals surface area (Å²) < 4.78 is 24.7. The second kappa shape index (κ2) is 8.46. The largest absolute Gasteiger partial charge is 0.463 e. The summed E-state index contributed by atoms with van der Waals surface area (Å²) >= 11 is 0. The summed E-state index contributed by atoms with van der Waals surface area (Å²) in [5.41, 5.74) is 3.72. The molecular formula is C23H22FN3O3. The van der Waals surface area contributed by atoms with Crippen LogP contribution in [0.1, 0.15) is 25.3 Å². The predicted molar refractivity (Wildman–Crippen MR) is 112 cm³/mol. The van der Waals surface area contributed by atoms with Crippen LogP contribution in [-0.2, 0) is 11.3 Å². The maximum Gasteiger partial charge on any atom is 0.411 e. The summed E-state index contributed by atoms with van der Waals surface area (Å²) in [6.45, 7) is 1.93. The first-order chi connectivity index (χ1) is 14.6. The summed E-state index contributed by atoms with van der Waals surface area (Å²) in [6.07, 6.45) is 1.81. The molecule has 1 heterocycles. The number of carbonyl (C=O) groups is 1. The third-order valence-electron chi connectivity index (χ3n) is 5.19. The number of amides is 1. The number of alkyl halides is 1. The van der Waals surface area contributed by atoms with Gasteiger partial charge in [-0.25, -0.2) is 9.18 Å². The maximum absolute atomic E-state index is 12.7. The Morgan fingerprint density at radius 1 is 1.27 bits per heavy atom. The number of nitriles is 1. The molecule has 1 amide bonds. The van der Waals surface area contributed by atoms with Gasteiger partial charge in [-0.05, 0) is 55.5 Å². The molecule has 3 aromatic rings. The predicted octanol–water partition coefficient (Wildman–Crippen LogP) is 5.46. The summed E-state index contributed by atoms with van der Waals surface area (Å²) in [4.78, 5) is 11.6. The summed E-state index contributed by atoms with van der Waals surface area (Å²) in [7, 11) is 0. The Bertz CT molecular complexity index is 1110. The average molecular weight is 407 g/mol. The molecule has 7 heteroatoms. The van der Waals surface area contributed by atoms with Crippen LogP contribution < -0.4 is 10.1 Å². The highest BCUT2D eigenvalue weighted by Gasteiger charge is 2.26. The second-order valence-corrected chi connectivity index (χ2v) is 7.24. The molecule has 1 fully saturated rings. The molecule has 0 atom stereocenters. The summed E-state index contributed by atoms with van der Waals surface area (Å²) in [6, 6.07) is 14.9. The zero-order valence-electron chi connectivity index (χ0n) is 16.7.